The molecule has 70 valence electrons. The summed E-state index contributed by atoms with van der Waals surface area (Å²) in [5, 5.41) is 0. The fourth-order valence-corrected chi connectivity index (χ4v) is 2.37. The number of halogens is 1. The van der Waals surface area contributed by atoms with Crippen LogP contribution in [-0.2, 0) is 9.53 Å². The third-order valence-corrected chi connectivity index (χ3v) is 4.06. The third kappa shape index (κ3) is 1.66. The summed E-state index contributed by atoms with van der Waals surface area (Å²) in [6, 6.07) is 0. The molecule has 3 atom stereocenters. The van der Waals surface area contributed by atoms with Crippen molar-refractivity contribution in [2.45, 2.75) is 37.4 Å². The summed E-state index contributed by atoms with van der Waals surface area (Å²) < 4.78 is 5.76. The van der Waals surface area contributed by atoms with E-state index in [-0.39, 0.29) is 21.5 Å². The number of ether oxygens (including phenoxy) is 1. The Labute approximate surface area is 87.2 Å². The van der Waals surface area contributed by atoms with E-state index in [9.17, 15) is 4.79 Å². The van der Waals surface area contributed by atoms with Crippen LogP contribution in [-0.4, -0.2) is 15.5 Å². The summed E-state index contributed by atoms with van der Waals surface area (Å²) in [6.45, 7) is 7.84. The van der Waals surface area contributed by atoms with Gasteiger partial charge in [0.2, 0.25) is 0 Å². The molecule has 0 aromatic rings. The summed E-state index contributed by atoms with van der Waals surface area (Å²) >= 11 is 2.19. The van der Waals surface area contributed by atoms with Crippen molar-refractivity contribution in [3.05, 3.63) is 0 Å². The highest BCUT2D eigenvalue weighted by Crippen LogP contribution is 2.36. The van der Waals surface area contributed by atoms with Gasteiger partial charge in [0.1, 0.15) is 9.89 Å². The topological polar surface area (TPSA) is 26.3 Å². The highest BCUT2D eigenvalue weighted by Gasteiger charge is 2.43. The van der Waals surface area contributed by atoms with E-state index in [0.717, 1.165) is 0 Å². The molecular formula is C9H15IO2. The van der Waals surface area contributed by atoms with Gasteiger partial charge < -0.3 is 4.74 Å². The maximum atomic E-state index is 11.7. The lowest BCUT2D eigenvalue weighted by atomic mass is 9.81. The van der Waals surface area contributed by atoms with E-state index in [2.05, 4.69) is 22.6 Å². The minimum atomic E-state index is -0.296. The van der Waals surface area contributed by atoms with Crippen LogP contribution in [0.25, 0.3) is 0 Å². The second kappa shape index (κ2) is 3.25. The predicted molar refractivity (Wildman–Crippen MR) is 56.3 cm³/mol. The molecule has 3 unspecified atom stereocenters. The molecule has 1 fully saturated rings. The van der Waals surface area contributed by atoms with Gasteiger partial charge in [0.25, 0.3) is 0 Å². The zero-order valence-electron chi connectivity index (χ0n) is 7.93. The van der Waals surface area contributed by atoms with Crippen LogP contribution in [0.5, 0.6) is 0 Å². The van der Waals surface area contributed by atoms with Crippen LogP contribution in [0.2, 0.25) is 0 Å². The largest absolute Gasteiger partial charge is 0.361 e. The molecule has 0 aromatic heterocycles. The van der Waals surface area contributed by atoms with Gasteiger partial charge in [-0.15, -0.1) is 0 Å². The third-order valence-electron chi connectivity index (χ3n) is 2.73. The van der Waals surface area contributed by atoms with E-state index >= 15 is 0 Å². The van der Waals surface area contributed by atoms with Crippen molar-refractivity contribution in [2.75, 3.05) is 0 Å². The molecule has 1 saturated heterocycles. The molecule has 0 N–H and O–H groups in total. The van der Waals surface area contributed by atoms with E-state index in [0.29, 0.717) is 5.78 Å². The Morgan fingerprint density at radius 3 is 2.42 bits per heavy atom. The van der Waals surface area contributed by atoms with Crippen LogP contribution >= 0.6 is 22.6 Å². The van der Waals surface area contributed by atoms with Crippen molar-refractivity contribution in [2.24, 2.45) is 11.8 Å². The Hall–Kier alpha value is 0.360. The summed E-state index contributed by atoms with van der Waals surface area (Å²) in [7, 11) is 0. The lowest BCUT2D eigenvalue weighted by molar-refractivity contribution is -0.158. The molecule has 0 aliphatic carbocycles. The standard InChI is InChI=1S/C9H15IO2/c1-5-7(11)6(2)9(3,4)12-8(5)10/h5-6,8H,1-4H3. The monoisotopic (exact) mass is 282 g/mol. The molecule has 1 heterocycles. The van der Waals surface area contributed by atoms with Gasteiger partial charge in [-0.3, -0.25) is 4.79 Å². The molecule has 0 spiro atoms. The van der Waals surface area contributed by atoms with Gasteiger partial charge in [0.15, 0.2) is 0 Å². The molecular weight excluding hydrogens is 267 g/mol. The minimum Gasteiger partial charge on any atom is -0.361 e. The minimum absolute atomic E-state index is 0.0125. The van der Waals surface area contributed by atoms with Crippen molar-refractivity contribution in [3.63, 3.8) is 0 Å². The van der Waals surface area contributed by atoms with Crippen LogP contribution in [0.4, 0.5) is 0 Å². The average molecular weight is 282 g/mol. The second-order valence-electron chi connectivity index (χ2n) is 3.99. The Morgan fingerprint density at radius 1 is 1.42 bits per heavy atom. The van der Waals surface area contributed by atoms with Crippen LogP contribution < -0.4 is 0 Å². The summed E-state index contributed by atoms with van der Waals surface area (Å²) in [5.41, 5.74) is -0.296. The Bertz CT molecular complexity index is 201. The Morgan fingerprint density at radius 2 is 1.92 bits per heavy atom. The number of carbonyl (C=O) groups excluding carboxylic acids is 1. The van der Waals surface area contributed by atoms with E-state index in [1.54, 1.807) is 0 Å². The summed E-state index contributed by atoms with van der Waals surface area (Å²) in [4.78, 5) is 11.7. The summed E-state index contributed by atoms with van der Waals surface area (Å²) in [5.74, 6) is 0.373. The van der Waals surface area contributed by atoms with Crippen LogP contribution in [0.1, 0.15) is 27.7 Å². The van der Waals surface area contributed by atoms with Crippen molar-refractivity contribution in [3.8, 4) is 0 Å². The van der Waals surface area contributed by atoms with Crippen LogP contribution in [0.15, 0.2) is 0 Å². The lowest BCUT2D eigenvalue weighted by Gasteiger charge is -2.41. The van der Waals surface area contributed by atoms with Crippen molar-refractivity contribution in [1.29, 1.82) is 0 Å². The van der Waals surface area contributed by atoms with Crippen LogP contribution in [0, 0.1) is 11.8 Å². The van der Waals surface area contributed by atoms with Gasteiger partial charge in [-0.2, -0.15) is 0 Å². The van der Waals surface area contributed by atoms with Crippen molar-refractivity contribution < 1.29 is 9.53 Å². The Kier molecular flexibility index (Phi) is 2.83. The number of Topliss-reactive ketones (excluding diaryl/α,β-unsaturated/α-hetero) is 1. The van der Waals surface area contributed by atoms with E-state index in [1.807, 2.05) is 27.7 Å². The zero-order chi connectivity index (χ0) is 9.52. The fraction of sp³-hybridized carbons (Fsp3) is 0.889. The molecule has 0 aromatic carbocycles. The van der Waals surface area contributed by atoms with Crippen molar-refractivity contribution in [1.82, 2.24) is 0 Å². The smallest absolute Gasteiger partial charge is 0.144 e. The number of hydrogen-bond acceptors (Lipinski definition) is 2. The normalized spacial score (nSPS) is 41.4. The fourth-order valence-electron chi connectivity index (χ4n) is 1.36. The molecule has 0 amide bonds. The van der Waals surface area contributed by atoms with Gasteiger partial charge in [-0.1, -0.05) is 36.4 Å². The Balaban J connectivity index is 2.85. The first-order chi connectivity index (χ1) is 5.36. The molecule has 0 bridgehead atoms. The van der Waals surface area contributed by atoms with E-state index in [4.69, 9.17) is 4.74 Å². The molecule has 12 heavy (non-hydrogen) atoms. The highest BCUT2D eigenvalue weighted by molar-refractivity contribution is 14.1. The first-order valence-electron chi connectivity index (χ1n) is 4.22. The van der Waals surface area contributed by atoms with Gasteiger partial charge in [-0.05, 0) is 13.8 Å². The maximum absolute atomic E-state index is 11.7. The molecule has 1 aliphatic rings. The summed E-state index contributed by atoms with van der Waals surface area (Å²) in [6.07, 6.45) is 0. The van der Waals surface area contributed by atoms with Gasteiger partial charge >= 0.3 is 0 Å². The number of alkyl halides is 1. The molecule has 3 heteroatoms. The molecule has 0 radical (unpaired) electrons. The lowest BCUT2D eigenvalue weighted by Crippen LogP contribution is -2.49. The predicted octanol–water partition coefficient (Wildman–Crippen LogP) is 2.40. The number of rotatable bonds is 0. The maximum Gasteiger partial charge on any atom is 0.144 e. The molecule has 1 aliphatic heterocycles. The van der Waals surface area contributed by atoms with Gasteiger partial charge in [0.05, 0.1) is 11.5 Å². The quantitative estimate of drug-likeness (QED) is 0.504. The first-order valence-corrected chi connectivity index (χ1v) is 5.46. The zero-order valence-corrected chi connectivity index (χ0v) is 10.1. The second-order valence-corrected chi connectivity index (χ2v) is 5.21. The molecule has 0 saturated carbocycles. The molecule has 1 rings (SSSR count). The van der Waals surface area contributed by atoms with Gasteiger partial charge in [-0.25, -0.2) is 0 Å². The average Bonchev–Trinajstić information content (AvgIpc) is 1.97. The number of hydrogen-bond donors (Lipinski definition) is 0. The first kappa shape index (κ1) is 10.4. The number of carbonyl (C=O) groups is 1. The van der Waals surface area contributed by atoms with Crippen molar-refractivity contribution >= 4 is 28.4 Å². The van der Waals surface area contributed by atoms with Crippen LogP contribution in [0.3, 0.4) is 0 Å². The molecule has 2 nitrogen and oxygen atoms in total. The van der Waals surface area contributed by atoms with E-state index in [1.165, 1.54) is 0 Å². The van der Waals surface area contributed by atoms with Gasteiger partial charge in [0, 0.05) is 5.92 Å². The highest BCUT2D eigenvalue weighted by atomic mass is 127. The van der Waals surface area contributed by atoms with E-state index < -0.39 is 0 Å². The SMILES string of the molecule is CC1C(=O)C(C)C(C)(C)OC1I. The number of ketones is 1.